The summed E-state index contributed by atoms with van der Waals surface area (Å²) < 4.78 is 10.9. The minimum absolute atomic E-state index is 0.172. The Bertz CT molecular complexity index is 416. The Kier molecular flexibility index (Phi) is 2.52. The Labute approximate surface area is 95.8 Å². The highest BCUT2D eigenvalue weighted by atomic mass is 79.9. The first-order chi connectivity index (χ1) is 7.16. The predicted molar refractivity (Wildman–Crippen MR) is 58.5 cm³/mol. The topological polar surface area (TPSA) is 35.5 Å². The standard InChI is InChI=1S/C11H9BrO3/c1-2-11(7-14-10(13)15-11)8-4-3-5-9(12)6-8/h2-6H,1,7H2/t11-/m1/s1. The van der Waals surface area contributed by atoms with Crippen LogP contribution in [0.15, 0.2) is 41.4 Å². The van der Waals surface area contributed by atoms with Crippen LogP contribution in [-0.4, -0.2) is 12.8 Å². The maximum Gasteiger partial charge on any atom is 0.509 e. The smallest absolute Gasteiger partial charge is 0.429 e. The molecule has 15 heavy (non-hydrogen) atoms. The van der Waals surface area contributed by atoms with Crippen molar-refractivity contribution in [3.63, 3.8) is 0 Å². The molecule has 1 heterocycles. The third-order valence-corrected chi connectivity index (χ3v) is 2.81. The van der Waals surface area contributed by atoms with Crippen LogP contribution in [0, 0.1) is 0 Å². The molecule has 3 nitrogen and oxygen atoms in total. The molecule has 1 saturated heterocycles. The van der Waals surface area contributed by atoms with Gasteiger partial charge in [0.05, 0.1) is 0 Å². The van der Waals surface area contributed by atoms with E-state index >= 15 is 0 Å². The quantitative estimate of drug-likeness (QED) is 0.611. The number of ether oxygens (including phenoxy) is 2. The van der Waals surface area contributed by atoms with Crippen molar-refractivity contribution in [2.45, 2.75) is 5.60 Å². The van der Waals surface area contributed by atoms with Gasteiger partial charge in [0.25, 0.3) is 0 Å². The number of hydrogen-bond donors (Lipinski definition) is 0. The highest BCUT2D eigenvalue weighted by Crippen LogP contribution is 2.33. The first-order valence-corrected chi connectivity index (χ1v) is 5.21. The molecule has 0 N–H and O–H groups in total. The monoisotopic (exact) mass is 268 g/mol. The molecule has 2 rings (SSSR count). The molecule has 1 atom stereocenters. The second-order valence-corrected chi connectivity index (χ2v) is 4.16. The normalized spacial score (nSPS) is 24.5. The third kappa shape index (κ3) is 1.77. The molecule has 1 fully saturated rings. The molecule has 1 aromatic rings. The van der Waals surface area contributed by atoms with Crippen molar-refractivity contribution in [2.24, 2.45) is 0 Å². The fourth-order valence-corrected chi connectivity index (χ4v) is 1.89. The molecule has 0 saturated carbocycles. The van der Waals surface area contributed by atoms with E-state index in [1.165, 1.54) is 0 Å². The van der Waals surface area contributed by atoms with Crippen LogP contribution in [0.4, 0.5) is 4.79 Å². The van der Waals surface area contributed by atoms with Crippen LogP contribution >= 0.6 is 15.9 Å². The summed E-state index contributed by atoms with van der Waals surface area (Å²) in [6.45, 7) is 3.86. The van der Waals surface area contributed by atoms with Crippen LogP contribution in [0.2, 0.25) is 0 Å². The van der Waals surface area contributed by atoms with Crippen molar-refractivity contribution < 1.29 is 14.3 Å². The first kappa shape index (κ1) is 10.2. The summed E-state index contributed by atoms with van der Waals surface area (Å²) >= 11 is 3.36. The summed E-state index contributed by atoms with van der Waals surface area (Å²) in [7, 11) is 0. The molecule has 0 spiro atoms. The summed E-state index contributed by atoms with van der Waals surface area (Å²) in [5.41, 5.74) is -0.00125. The highest BCUT2D eigenvalue weighted by molar-refractivity contribution is 9.10. The molecule has 1 aromatic carbocycles. The second kappa shape index (κ2) is 3.70. The van der Waals surface area contributed by atoms with E-state index in [0.717, 1.165) is 10.0 Å². The average Bonchev–Trinajstić information content (AvgIpc) is 2.61. The van der Waals surface area contributed by atoms with Crippen LogP contribution in [0.25, 0.3) is 0 Å². The van der Waals surface area contributed by atoms with Crippen molar-refractivity contribution >= 4 is 22.1 Å². The van der Waals surface area contributed by atoms with Crippen molar-refractivity contribution in [2.75, 3.05) is 6.61 Å². The molecule has 78 valence electrons. The summed E-state index contributed by atoms with van der Waals surface area (Å²) in [6.07, 6.45) is 0.925. The van der Waals surface area contributed by atoms with E-state index in [0.29, 0.717) is 0 Å². The van der Waals surface area contributed by atoms with Gasteiger partial charge in [0.2, 0.25) is 0 Å². The molecular weight excluding hydrogens is 260 g/mol. The molecule has 0 aliphatic carbocycles. The summed E-state index contributed by atoms with van der Waals surface area (Å²) in [4.78, 5) is 11.0. The van der Waals surface area contributed by atoms with E-state index in [2.05, 4.69) is 22.5 Å². The highest BCUT2D eigenvalue weighted by Gasteiger charge is 2.41. The van der Waals surface area contributed by atoms with Crippen molar-refractivity contribution in [3.05, 3.63) is 47.0 Å². The Morgan fingerprint density at radius 2 is 2.33 bits per heavy atom. The zero-order valence-electron chi connectivity index (χ0n) is 7.90. The summed E-state index contributed by atoms with van der Waals surface area (Å²) in [5.74, 6) is 0. The van der Waals surface area contributed by atoms with Gasteiger partial charge in [-0.3, -0.25) is 0 Å². The van der Waals surface area contributed by atoms with Crippen LogP contribution in [0.5, 0.6) is 0 Å². The molecule has 4 heteroatoms. The number of cyclic esters (lactones) is 2. The molecule has 0 bridgehead atoms. The third-order valence-electron chi connectivity index (χ3n) is 2.31. The zero-order chi connectivity index (χ0) is 10.9. The van der Waals surface area contributed by atoms with E-state index in [1.807, 2.05) is 24.3 Å². The van der Waals surface area contributed by atoms with Crippen LogP contribution in [-0.2, 0) is 15.1 Å². The van der Waals surface area contributed by atoms with Crippen LogP contribution in [0.3, 0.4) is 0 Å². The van der Waals surface area contributed by atoms with E-state index in [-0.39, 0.29) is 6.61 Å². The van der Waals surface area contributed by atoms with Gasteiger partial charge in [-0.05, 0) is 18.2 Å². The molecule has 1 aliphatic rings. The lowest BCUT2D eigenvalue weighted by Gasteiger charge is -2.21. The second-order valence-electron chi connectivity index (χ2n) is 3.24. The summed E-state index contributed by atoms with van der Waals surface area (Å²) in [5, 5.41) is 0. The van der Waals surface area contributed by atoms with Gasteiger partial charge >= 0.3 is 6.16 Å². The average molecular weight is 269 g/mol. The fraction of sp³-hybridized carbons (Fsp3) is 0.182. The Balaban J connectivity index is 2.43. The maximum atomic E-state index is 11.0. The molecule has 1 aliphatic heterocycles. The van der Waals surface area contributed by atoms with Crippen molar-refractivity contribution in [1.82, 2.24) is 0 Å². The van der Waals surface area contributed by atoms with Crippen LogP contribution in [0.1, 0.15) is 5.56 Å². The van der Waals surface area contributed by atoms with Gasteiger partial charge in [-0.1, -0.05) is 34.6 Å². The number of rotatable bonds is 2. The summed E-state index contributed by atoms with van der Waals surface area (Å²) in [6, 6.07) is 7.52. The minimum Gasteiger partial charge on any atom is -0.429 e. The van der Waals surface area contributed by atoms with Gasteiger partial charge in [-0.2, -0.15) is 0 Å². The molecule has 0 amide bonds. The lowest BCUT2D eigenvalue weighted by Crippen LogP contribution is -2.25. The SMILES string of the molecule is C=C[C@]1(c2cccc(Br)c2)COC(=O)O1. The minimum atomic E-state index is -0.846. The van der Waals surface area contributed by atoms with Gasteiger partial charge < -0.3 is 9.47 Å². The maximum absolute atomic E-state index is 11.0. The van der Waals surface area contributed by atoms with Gasteiger partial charge in [-0.25, -0.2) is 4.79 Å². The van der Waals surface area contributed by atoms with Crippen molar-refractivity contribution in [1.29, 1.82) is 0 Å². The number of hydrogen-bond acceptors (Lipinski definition) is 3. The van der Waals surface area contributed by atoms with Crippen molar-refractivity contribution in [3.8, 4) is 0 Å². The number of carbonyl (C=O) groups excluding carboxylic acids is 1. The van der Waals surface area contributed by atoms with Gasteiger partial charge in [0.1, 0.15) is 6.61 Å². The number of carbonyl (C=O) groups is 1. The van der Waals surface area contributed by atoms with Gasteiger partial charge in [0, 0.05) is 10.0 Å². The molecule has 0 radical (unpaired) electrons. The molecule has 0 aromatic heterocycles. The number of benzene rings is 1. The fourth-order valence-electron chi connectivity index (χ4n) is 1.49. The lowest BCUT2D eigenvalue weighted by molar-refractivity contribution is 0.0887. The Hall–Kier alpha value is -1.29. The number of halogens is 1. The zero-order valence-corrected chi connectivity index (χ0v) is 9.49. The van der Waals surface area contributed by atoms with Gasteiger partial charge in [-0.15, -0.1) is 0 Å². The lowest BCUT2D eigenvalue weighted by atomic mass is 9.95. The first-order valence-electron chi connectivity index (χ1n) is 4.42. The predicted octanol–water partition coefficient (Wildman–Crippen LogP) is 3.00. The van der Waals surface area contributed by atoms with E-state index < -0.39 is 11.8 Å². The molecule has 0 unspecified atom stereocenters. The van der Waals surface area contributed by atoms with E-state index in [9.17, 15) is 4.79 Å². The van der Waals surface area contributed by atoms with Crippen LogP contribution < -0.4 is 0 Å². The van der Waals surface area contributed by atoms with Gasteiger partial charge in [0.15, 0.2) is 5.60 Å². The Morgan fingerprint density at radius 3 is 2.87 bits per heavy atom. The molecular formula is C11H9BrO3. The Morgan fingerprint density at radius 1 is 1.53 bits per heavy atom. The largest absolute Gasteiger partial charge is 0.509 e. The van der Waals surface area contributed by atoms with E-state index in [4.69, 9.17) is 9.47 Å². The van der Waals surface area contributed by atoms with E-state index in [1.54, 1.807) is 6.08 Å².